The monoisotopic (exact) mass is 269 g/mol. The molecule has 0 atom stereocenters. The Balaban J connectivity index is 2.37. The van der Waals surface area contributed by atoms with Crippen molar-refractivity contribution in [2.75, 3.05) is 26.4 Å². The van der Waals surface area contributed by atoms with Crippen LogP contribution in [-0.4, -0.2) is 48.6 Å². The minimum Gasteiger partial charge on any atom is -0.494 e. The summed E-state index contributed by atoms with van der Waals surface area (Å²) in [5, 5.41) is 20.1. The van der Waals surface area contributed by atoms with Crippen LogP contribution >= 0.6 is 0 Å². The fourth-order valence-electron chi connectivity index (χ4n) is 1.37. The van der Waals surface area contributed by atoms with Crippen molar-refractivity contribution in [2.45, 2.75) is 13.0 Å². The van der Waals surface area contributed by atoms with E-state index in [2.05, 4.69) is 5.32 Å². The van der Waals surface area contributed by atoms with Crippen molar-refractivity contribution in [2.24, 2.45) is 0 Å². The number of rotatable bonds is 8. The van der Waals surface area contributed by atoms with Gasteiger partial charge >= 0.3 is 0 Å². The SMILES string of the molecule is CCOc1ccc(OCC(=O)NC(CO)CO)cc1. The Bertz CT molecular complexity index is 375. The standard InChI is InChI=1S/C13H19NO5/c1-2-18-11-3-5-12(6-4-11)19-9-13(17)14-10(7-15)8-16/h3-6,10,15-16H,2,7-9H2,1H3,(H,14,17). The number of amides is 1. The molecule has 0 aliphatic rings. The zero-order chi connectivity index (χ0) is 14.1. The van der Waals surface area contributed by atoms with Crippen LogP contribution in [-0.2, 0) is 4.79 Å². The van der Waals surface area contributed by atoms with Gasteiger partial charge in [0.2, 0.25) is 0 Å². The summed E-state index contributed by atoms with van der Waals surface area (Å²) in [7, 11) is 0. The number of aliphatic hydroxyl groups is 2. The van der Waals surface area contributed by atoms with E-state index >= 15 is 0 Å². The van der Waals surface area contributed by atoms with Crippen LogP contribution in [0.1, 0.15) is 6.92 Å². The number of hydrogen-bond acceptors (Lipinski definition) is 5. The van der Waals surface area contributed by atoms with Gasteiger partial charge in [0.05, 0.1) is 25.9 Å². The van der Waals surface area contributed by atoms with Gasteiger partial charge in [0.15, 0.2) is 6.61 Å². The fourth-order valence-corrected chi connectivity index (χ4v) is 1.37. The van der Waals surface area contributed by atoms with Crippen molar-refractivity contribution < 1.29 is 24.5 Å². The summed E-state index contributed by atoms with van der Waals surface area (Å²) in [4.78, 5) is 11.4. The highest BCUT2D eigenvalue weighted by Gasteiger charge is 2.10. The van der Waals surface area contributed by atoms with Crippen molar-refractivity contribution in [1.82, 2.24) is 5.32 Å². The van der Waals surface area contributed by atoms with E-state index < -0.39 is 11.9 Å². The summed E-state index contributed by atoms with van der Waals surface area (Å²) < 4.78 is 10.5. The molecule has 0 aliphatic heterocycles. The average molecular weight is 269 g/mol. The van der Waals surface area contributed by atoms with Crippen molar-refractivity contribution >= 4 is 5.91 Å². The molecule has 0 unspecified atom stereocenters. The highest BCUT2D eigenvalue weighted by atomic mass is 16.5. The molecule has 106 valence electrons. The maximum atomic E-state index is 11.4. The summed E-state index contributed by atoms with van der Waals surface area (Å²) in [6, 6.07) is 6.25. The lowest BCUT2D eigenvalue weighted by atomic mass is 10.3. The molecule has 6 heteroatoms. The Morgan fingerprint density at radius 3 is 2.16 bits per heavy atom. The molecule has 0 aliphatic carbocycles. The molecule has 6 nitrogen and oxygen atoms in total. The molecule has 1 amide bonds. The first kappa shape index (κ1) is 15.3. The van der Waals surface area contributed by atoms with Crippen LogP contribution in [0.25, 0.3) is 0 Å². The largest absolute Gasteiger partial charge is 0.494 e. The number of ether oxygens (including phenoxy) is 2. The highest BCUT2D eigenvalue weighted by Crippen LogP contribution is 2.17. The first-order chi connectivity index (χ1) is 9.19. The highest BCUT2D eigenvalue weighted by molar-refractivity contribution is 5.77. The smallest absolute Gasteiger partial charge is 0.258 e. The molecular weight excluding hydrogens is 250 g/mol. The number of nitrogens with one attached hydrogen (secondary N) is 1. The number of hydrogen-bond donors (Lipinski definition) is 3. The Kier molecular flexibility index (Phi) is 6.70. The van der Waals surface area contributed by atoms with Gasteiger partial charge in [-0.15, -0.1) is 0 Å². The summed E-state index contributed by atoms with van der Waals surface area (Å²) >= 11 is 0. The third-order valence-corrected chi connectivity index (χ3v) is 2.31. The van der Waals surface area contributed by atoms with Gasteiger partial charge in [-0.2, -0.15) is 0 Å². The van der Waals surface area contributed by atoms with Crippen molar-refractivity contribution in [3.05, 3.63) is 24.3 Å². The first-order valence-corrected chi connectivity index (χ1v) is 6.06. The van der Waals surface area contributed by atoms with Gasteiger partial charge in [-0.25, -0.2) is 0 Å². The van der Waals surface area contributed by atoms with Crippen molar-refractivity contribution in [1.29, 1.82) is 0 Å². The van der Waals surface area contributed by atoms with E-state index in [0.29, 0.717) is 12.4 Å². The molecule has 0 radical (unpaired) electrons. The molecule has 0 spiro atoms. The molecule has 1 aromatic carbocycles. The quantitative estimate of drug-likeness (QED) is 0.615. The van der Waals surface area contributed by atoms with E-state index in [1.54, 1.807) is 24.3 Å². The number of carbonyl (C=O) groups is 1. The lowest BCUT2D eigenvalue weighted by Crippen LogP contribution is -2.42. The van der Waals surface area contributed by atoms with Crippen LogP contribution in [0.15, 0.2) is 24.3 Å². The van der Waals surface area contributed by atoms with E-state index in [9.17, 15) is 4.79 Å². The molecule has 19 heavy (non-hydrogen) atoms. The Morgan fingerprint density at radius 1 is 1.16 bits per heavy atom. The second-order valence-electron chi connectivity index (χ2n) is 3.82. The minimum absolute atomic E-state index is 0.176. The average Bonchev–Trinajstić information content (AvgIpc) is 2.44. The summed E-state index contributed by atoms with van der Waals surface area (Å²) in [5.74, 6) is 0.880. The minimum atomic E-state index is -0.656. The number of benzene rings is 1. The zero-order valence-electron chi connectivity index (χ0n) is 10.8. The predicted octanol–water partition coefficient (Wildman–Crippen LogP) is -0.0665. The topological polar surface area (TPSA) is 88.0 Å². The van der Waals surface area contributed by atoms with E-state index in [1.807, 2.05) is 6.92 Å². The second kappa shape index (κ2) is 8.34. The number of aliphatic hydroxyl groups excluding tert-OH is 2. The van der Waals surface area contributed by atoms with E-state index in [0.717, 1.165) is 5.75 Å². The predicted molar refractivity (Wildman–Crippen MR) is 69.2 cm³/mol. The third kappa shape index (κ3) is 5.58. The first-order valence-electron chi connectivity index (χ1n) is 6.06. The Morgan fingerprint density at radius 2 is 1.68 bits per heavy atom. The summed E-state index contributed by atoms with van der Waals surface area (Å²) in [6.07, 6.45) is 0. The molecule has 3 N–H and O–H groups in total. The number of carbonyl (C=O) groups excluding carboxylic acids is 1. The maximum absolute atomic E-state index is 11.4. The molecule has 0 bridgehead atoms. The van der Waals surface area contributed by atoms with E-state index in [-0.39, 0.29) is 19.8 Å². The van der Waals surface area contributed by atoms with E-state index in [4.69, 9.17) is 19.7 Å². The van der Waals surface area contributed by atoms with Crippen LogP contribution in [0, 0.1) is 0 Å². The molecule has 0 fully saturated rings. The van der Waals surface area contributed by atoms with Crippen LogP contribution < -0.4 is 14.8 Å². The van der Waals surface area contributed by atoms with Gasteiger partial charge in [-0.3, -0.25) is 4.79 Å². The lowest BCUT2D eigenvalue weighted by Gasteiger charge is -2.13. The van der Waals surface area contributed by atoms with Gasteiger partial charge in [-0.05, 0) is 31.2 Å². The summed E-state index contributed by atoms with van der Waals surface area (Å²) in [6.45, 7) is 1.68. The molecule has 0 saturated carbocycles. The molecule has 0 saturated heterocycles. The molecule has 0 heterocycles. The van der Waals surface area contributed by atoms with Crippen LogP contribution in [0.3, 0.4) is 0 Å². The molecular formula is C13H19NO5. The maximum Gasteiger partial charge on any atom is 0.258 e. The third-order valence-electron chi connectivity index (χ3n) is 2.31. The van der Waals surface area contributed by atoms with Crippen molar-refractivity contribution in [3.63, 3.8) is 0 Å². The van der Waals surface area contributed by atoms with Crippen molar-refractivity contribution in [3.8, 4) is 11.5 Å². The van der Waals surface area contributed by atoms with Crippen LogP contribution in [0.5, 0.6) is 11.5 Å². The van der Waals surface area contributed by atoms with Gasteiger partial charge in [0.1, 0.15) is 11.5 Å². The van der Waals surface area contributed by atoms with Gasteiger partial charge in [-0.1, -0.05) is 0 Å². The second-order valence-corrected chi connectivity index (χ2v) is 3.82. The fraction of sp³-hybridized carbons (Fsp3) is 0.462. The Hall–Kier alpha value is -1.79. The normalized spacial score (nSPS) is 10.3. The molecule has 1 rings (SSSR count). The van der Waals surface area contributed by atoms with E-state index in [1.165, 1.54) is 0 Å². The molecule has 1 aromatic rings. The summed E-state index contributed by atoms with van der Waals surface area (Å²) in [5.41, 5.74) is 0. The van der Waals surface area contributed by atoms with Gasteiger partial charge < -0.3 is 25.0 Å². The van der Waals surface area contributed by atoms with Gasteiger partial charge in [0.25, 0.3) is 5.91 Å². The lowest BCUT2D eigenvalue weighted by molar-refractivity contribution is -0.124. The van der Waals surface area contributed by atoms with Crippen LogP contribution in [0.4, 0.5) is 0 Å². The molecule has 0 aromatic heterocycles. The zero-order valence-corrected chi connectivity index (χ0v) is 10.8. The van der Waals surface area contributed by atoms with Gasteiger partial charge in [0, 0.05) is 0 Å². The Labute approximate surface area is 112 Å². The van der Waals surface area contributed by atoms with Crippen LogP contribution in [0.2, 0.25) is 0 Å².